The minimum Gasteiger partial charge on any atom is -0.321 e. The Morgan fingerprint density at radius 1 is 1.03 bits per heavy atom. The molecule has 0 spiro atoms. The van der Waals surface area contributed by atoms with Crippen molar-refractivity contribution in [2.45, 2.75) is 13.5 Å². The van der Waals surface area contributed by atoms with Crippen LogP contribution in [0.25, 0.3) is 10.1 Å². The molecule has 0 aliphatic rings. The quantitative estimate of drug-likeness (QED) is 0.360. The van der Waals surface area contributed by atoms with Crippen LogP contribution in [0.4, 0.5) is 11.4 Å². The molecular formula is C24H21ClN2O3S2. The summed E-state index contributed by atoms with van der Waals surface area (Å²) in [7, 11) is -3.50. The summed E-state index contributed by atoms with van der Waals surface area (Å²) in [5.74, 6) is -0.234. The summed E-state index contributed by atoms with van der Waals surface area (Å²) in [5.41, 5.74) is 3.02. The first-order chi connectivity index (χ1) is 15.2. The second-order valence-electron chi connectivity index (χ2n) is 7.50. The molecule has 0 bridgehead atoms. The lowest BCUT2D eigenvalue weighted by molar-refractivity contribution is 0.103. The molecule has 0 fully saturated rings. The average Bonchev–Trinajstić information content (AvgIpc) is 3.18. The fourth-order valence-corrected chi connectivity index (χ4v) is 5.35. The average molecular weight is 485 g/mol. The Hall–Kier alpha value is -2.87. The number of amides is 1. The topological polar surface area (TPSA) is 66.5 Å². The third kappa shape index (κ3) is 4.96. The van der Waals surface area contributed by atoms with Gasteiger partial charge in [0.2, 0.25) is 10.0 Å². The number of hydrogen-bond acceptors (Lipinski definition) is 4. The summed E-state index contributed by atoms with van der Waals surface area (Å²) in [5, 5.41) is 4.26. The maximum atomic E-state index is 12.8. The Morgan fingerprint density at radius 3 is 2.50 bits per heavy atom. The third-order valence-corrected chi connectivity index (χ3v) is 7.52. The van der Waals surface area contributed by atoms with Gasteiger partial charge in [-0.15, -0.1) is 11.3 Å². The van der Waals surface area contributed by atoms with E-state index < -0.39 is 10.0 Å². The number of benzene rings is 3. The predicted octanol–water partition coefficient (Wildman–Crippen LogP) is 6.08. The van der Waals surface area contributed by atoms with Crippen LogP contribution in [0.1, 0.15) is 20.8 Å². The highest BCUT2D eigenvalue weighted by molar-refractivity contribution is 7.92. The highest BCUT2D eigenvalue weighted by Crippen LogP contribution is 2.32. The van der Waals surface area contributed by atoms with Crippen molar-refractivity contribution in [2.75, 3.05) is 15.9 Å². The zero-order chi connectivity index (χ0) is 22.9. The summed E-state index contributed by atoms with van der Waals surface area (Å²) in [6, 6.07) is 22.0. The van der Waals surface area contributed by atoms with Crippen LogP contribution >= 0.6 is 22.9 Å². The molecule has 164 valence electrons. The van der Waals surface area contributed by atoms with Crippen molar-refractivity contribution in [1.82, 2.24) is 0 Å². The van der Waals surface area contributed by atoms with Crippen molar-refractivity contribution in [3.8, 4) is 0 Å². The molecule has 4 rings (SSSR count). The monoisotopic (exact) mass is 484 g/mol. The van der Waals surface area contributed by atoms with E-state index in [0.717, 1.165) is 21.2 Å². The molecule has 5 nitrogen and oxygen atoms in total. The van der Waals surface area contributed by atoms with Gasteiger partial charge in [0.25, 0.3) is 5.91 Å². The third-order valence-electron chi connectivity index (χ3n) is 5.03. The molecule has 0 unspecified atom stereocenters. The van der Waals surface area contributed by atoms with Crippen LogP contribution in [0.15, 0.2) is 72.8 Å². The van der Waals surface area contributed by atoms with Crippen LogP contribution in [0.2, 0.25) is 5.02 Å². The van der Waals surface area contributed by atoms with Gasteiger partial charge in [0.15, 0.2) is 0 Å². The first kappa shape index (κ1) is 22.3. The van der Waals surface area contributed by atoms with Crippen LogP contribution in [0, 0.1) is 6.92 Å². The minimum absolute atomic E-state index is 0.233. The van der Waals surface area contributed by atoms with Crippen molar-refractivity contribution in [1.29, 1.82) is 0 Å². The predicted molar refractivity (Wildman–Crippen MR) is 133 cm³/mol. The van der Waals surface area contributed by atoms with Crippen LogP contribution in [0.5, 0.6) is 0 Å². The van der Waals surface area contributed by atoms with E-state index in [2.05, 4.69) is 5.32 Å². The van der Waals surface area contributed by atoms with Gasteiger partial charge in [-0.05, 0) is 59.8 Å². The van der Waals surface area contributed by atoms with Crippen LogP contribution in [0.3, 0.4) is 0 Å². The number of fused-ring (bicyclic) bond motifs is 1. The number of carbonyl (C=O) groups excluding carboxylic acids is 1. The van der Waals surface area contributed by atoms with Crippen molar-refractivity contribution in [2.24, 2.45) is 0 Å². The number of carbonyl (C=O) groups is 1. The summed E-state index contributed by atoms with van der Waals surface area (Å²) in [4.78, 5) is 13.3. The lowest BCUT2D eigenvalue weighted by Crippen LogP contribution is -2.29. The molecule has 1 N–H and O–H groups in total. The highest BCUT2D eigenvalue weighted by atomic mass is 35.5. The fourth-order valence-electron chi connectivity index (χ4n) is 3.36. The molecule has 32 heavy (non-hydrogen) atoms. The first-order valence-corrected chi connectivity index (χ1v) is 12.9. The number of halogens is 1. The summed E-state index contributed by atoms with van der Waals surface area (Å²) in [6.45, 7) is 2.13. The van der Waals surface area contributed by atoms with E-state index >= 15 is 0 Å². The molecule has 0 saturated heterocycles. The maximum Gasteiger partial charge on any atom is 0.265 e. The normalized spacial score (nSPS) is 11.5. The van der Waals surface area contributed by atoms with Gasteiger partial charge in [0, 0.05) is 15.4 Å². The Bertz CT molecular complexity index is 1400. The lowest BCUT2D eigenvalue weighted by Gasteiger charge is -2.22. The van der Waals surface area contributed by atoms with Gasteiger partial charge in [-0.2, -0.15) is 0 Å². The Kier molecular flexibility index (Phi) is 6.24. The van der Waals surface area contributed by atoms with E-state index in [1.807, 2.05) is 49.4 Å². The molecule has 3 aromatic carbocycles. The van der Waals surface area contributed by atoms with Gasteiger partial charge in [-0.1, -0.05) is 48.0 Å². The zero-order valence-electron chi connectivity index (χ0n) is 17.5. The molecule has 0 atom stereocenters. The molecule has 0 saturated carbocycles. The number of sulfonamides is 1. The molecule has 4 aromatic rings. The van der Waals surface area contributed by atoms with Gasteiger partial charge < -0.3 is 5.32 Å². The van der Waals surface area contributed by atoms with E-state index in [1.54, 1.807) is 30.3 Å². The number of nitrogens with one attached hydrogen (secondary N) is 1. The van der Waals surface area contributed by atoms with E-state index in [9.17, 15) is 13.2 Å². The number of nitrogens with zero attached hydrogens (tertiary/aromatic N) is 1. The molecule has 0 aliphatic carbocycles. The molecular weight excluding hydrogens is 464 g/mol. The van der Waals surface area contributed by atoms with Crippen molar-refractivity contribution < 1.29 is 13.2 Å². The van der Waals surface area contributed by atoms with Crippen molar-refractivity contribution in [3.63, 3.8) is 0 Å². The van der Waals surface area contributed by atoms with Crippen LogP contribution in [-0.2, 0) is 16.6 Å². The standard InChI is InChI=1S/C24H21ClN2O3S2/c1-16-8-9-19(25)14-21(16)26-24(28)23-13-18-12-20(10-11-22(18)31-23)27(32(2,29)30)15-17-6-4-3-5-7-17/h3-14H,15H2,1-2H3,(H,26,28). The fraction of sp³-hybridized carbons (Fsp3) is 0.125. The summed E-state index contributed by atoms with van der Waals surface area (Å²) < 4.78 is 27.3. The van der Waals surface area contributed by atoms with Gasteiger partial charge in [-0.25, -0.2) is 8.42 Å². The van der Waals surface area contributed by atoms with E-state index in [-0.39, 0.29) is 12.5 Å². The van der Waals surface area contributed by atoms with E-state index in [4.69, 9.17) is 11.6 Å². The molecule has 0 aliphatic heterocycles. The SMILES string of the molecule is Cc1ccc(Cl)cc1NC(=O)c1cc2cc(N(Cc3ccccc3)S(C)(=O)=O)ccc2s1. The molecule has 1 aromatic heterocycles. The number of anilines is 2. The maximum absolute atomic E-state index is 12.8. The second-order valence-corrected chi connectivity index (χ2v) is 10.9. The number of thiophene rings is 1. The summed E-state index contributed by atoms with van der Waals surface area (Å²) >= 11 is 7.40. The zero-order valence-corrected chi connectivity index (χ0v) is 19.9. The van der Waals surface area contributed by atoms with Crippen molar-refractivity contribution >= 4 is 60.3 Å². The largest absolute Gasteiger partial charge is 0.321 e. The number of hydrogen-bond donors (Lipinski definition) is 1. The lowest BCUT2D eigenvalue weighted by atomic mass is 10.2. The Morgan fingerprint density at radius 2 is 1.78 bits per heavy atom. The molecule has 1 amide bonds. The summed E-state index contributed by atoms with van der Waals surface area (Å²) in [6.07, 6.45) is 1.19. The molecule has 0 radical (unpaired) electrons. The number of aryl methyl sites for hydroxylation is 1. The van der Waals surface area contributed by atoms with Crippen LogP contribution in [-0.4, -0.2) is 20.6 Å². The van der Waals surface area contributed by atoms with Gasteiger partial charge >= 0.3 is 0 Å². The van der Waals surface area contributed by atoms with Crippen molar-refractivity contribution in [3.05, 3.63) is 93.8 Å². The Balaban J connectivity index is 1.64. The number of rotatable bonds is 6. The van der Waals surface area contributed by atoms with E-state index in [0.29, 0.717) is 21.3 Å². The van der Waals surface area contributed by atoms with E-state index in [1.165, 1.54) is 21.9 Å². The van der Waals surface area contributed by atoms with Gasteiger partial charge in [0.1, 0.15) is 0 Å². The first-order valence-electron chi connectivity index (χ1n) is 9.83. The van der Waals surface area contributed by atoms with Gasteiger partial charge in [0.05, 0.1) is 23.4 Å². The minimum atomic E-state index is -3.50. The van der Waals surface area contributed by atoms with Gasteiger partial charge in [-0.3, -0.25) is 9.10 Å². The second kappa shape index (κ2) is 8.94. The highest BCUT2D eigenvalue weighted by Gasteiger charge is 2.19. The van der Waals surface area contributed by atoms with Crippen LogP contribution < -0.4 is 9.62 Å². The molecule has 1 heterocycles. The molecule has 8 heteroatoms. The Labute approximate surface area is 196 Å². The smallest absolute Gasteiger partial charge is 0.265 e.